The van der Waals surface area contributed by atoms with Gasteiger partial charge in [-0.05, 0) is 43.3 Å². The average molecular weight is 364 g/mol. The van der Waals surface area contributed by atoms with E-state index in [1.165, 1.54) is 9.56 Å². The summed E-state index contributed by atoms with van der Waals surface area (Å²) < 4.78 is 2.67. The van der Waals surface area contributed by atoms with Gasteiger partial charge in [-0.2, -0.15) is 5.10 Å². The van der Waals surface area contributed by atoms with Crippen LogP contribution in [0.3, 0.4) is 0 Å². The van der Waals surface area contributed by atoms with Gasteiger partial charge < -0.3 is 0 Å². The molecule has 2 aromatic heterocycles. The van der Waals surface area contributed by atoms with E-state index in [4.69, 9.17) is 0 Å². The normalized spacial score (nSPS) is 10.6. The number of aryl methyl sites for hydroxylation is 2. The van der Waals surface area contributed by atoms with Crippen LogP contribution in [0.4, 0.5) is 0 Å². The van der Waals surface area contributed by atoms with E-state index in [9.17, 15) is 4.79 Å². The summed E-state index contributed by atoms with van der Waals surface area (Å²) >= 11 is 8.17. The van der Waals surface area contributed by atoms with E-state index in [1.807, 2.05) is 11.4 Å². The van der Waals surface area contributed by atoms with Gasteiger partial charge in [0.1, 0.15) is 4.47 Å². The highest BCUT2D eigenvalue weighted by molar-refractivity contribution is 9.13. The Balaban J connectivity index is 2.17. The molecule has 2 rings (SSSR count). The SMILES string of the molecule is O=c1c(Br)c(Br)cnn1CCc1cccs1. The molecular formula is C10H8Br2N2OS. The minimum absolute atomic E-state index is 0.106. The second-order valence-corrected chi connectivity index (χ2v) is 5.84. The van der Waals surface area contributed by atoms with Crippen molar-refractivity contribution >= 4 is 43.2 Å². The standard InChI is InChI=1S/C10H8Br2N2OS/c11-8-6-13-14(10(15)9(8)12)4-3-7-2-1-5-16-7/h1-2,5-6H,3-4H2. The topological polar surface area (TPSA) is 34.9 Å². The fraction of sp³-hybridized carbons (Fsp3) is 0.200. The number of aromatic nitrogens is 2. The van der Waals surface area contributed by atoms with Gasteiger partial charge in [-0.15, -0.1) is 11.3 Å². The Morgan fingerprint density at radius 1 is 1.44 bits per heavy atom. The molecule has 6 heteroatoms. The van der Waals surface area contributed by atoms with Crippen LogP contribution in [-0.2, 0) is 13.0 Å². The molecule has 2 aromatic rings. The van der Waals surface area contributed by atoms with Crippen LogP contribution in [0.2, 0.25) is 0 Å². The van der Waals surface area contributed by atoms with Gasteiger partial charge in [0, 0.05) is 17.8 Å². The molecule has 0 unspecified atom stereocenters. The first-order chi connectivity index (χ1) is 7.68. The lowest BCUT2D eigenvalue weighted by Crippen LogP contribution is -2.24. The van der Waals surface area contributed by atoms with Crippen LogP contribution in [0, 0.1) is 0 Å². The molecule has 84 valence electrons. The predicted octanol–water partition coefficient (Wildman–Crippen LogP) is 3.07. The summed E-state index contributed by atoms with van der Waals surface area (Å²) in [7, 11) is 0. The van der Waals surface area contributed by atoms with E-state index < -0.39 is 0 Å². The smallest absolute Gasteiger partial charge is 0.266 e. The third-order valence-corrected chi connectivity index (χ3v) is 4.93. The molecule has 0 N–H and O–H groups in total. The van der Waals surface area contributed by atoms with Crippen LogP contribution in [0.1, 0.15) is 4.88 Å². The van der Waals surface area contributed by atoms with Crippen LogP contribution in [0.5, 0.6) is 0 Å². The van der Waals surface area contributed by atoms with E-state index in [2.05, 4.69) is 43.0 Å². The van der Waals surface area contributed by atoms with Gasteiger partial charge in [-0.1, -0.05) is 6.07 Å². The number of rotatable bonds is 3. The van der Waals surface area contributed by atoms with Gasteiger partial charge in [0.2, 0.25) is 0 Å². The van der Waals surface area contributed by atoms with E-state index in [0.717, 1.165) is 6.42 Å². The van der Waals surface area contributed by atoms with Crippen molar-refractivity contribution in [3.8, 4) is 0 Å². The van der Waals surface area contributed by atoms with Crippen LogP contribution in [0.25, 0.3) is 0 Å². The molecule has 0 fully saturated rings. The molecule has 0 saturated heterocycles. The van der Waals surface area contributed by atoms with Crippen LogP contribution >= 0.6 is 43.2 Å². The molecule has 3 nitrogen and oxygen atoms in total. The van der Waals surface area contributed by atoms with Crippen LogP contribution < -0.4 is 5.56 Å². The molecule has 0 amide bonds. The highest BCUT2D eigenvalue weighted by Crippen LogP contribution is 2.16. The monoisotopic (exact) mass is 362 g/mol. The van der Waals surface area contributed by atoms with Crippen molar-refractivity contribution in [2.24, 2.45) is 0 Å². The zero-order chi connectivity index (χ0) is 11.5. The number of nitrogens with zero attached hydrogens (tertiary/aromatic N) is 2. The lowest BCUT2D eigenvalue weighted by Gasteiger charge is -2.04. The molecule has 0 aromatic carbocycles. The van der Waals surface area contributed by atoms with Gasteiger partial charge in [-0.25, -0.2) is 4.68 Å². The number of hydrogen-bond donors (Lipinski definition) is 0. The molecule has 0 aliphatic carbocycles. The van der Waals surface area contributed by atoms with E-state index in [0.29, 0.717) is 15.5 Å². The summed E-state index contributed by atoms with van der Waals surface area (Å²) in [6.45, 7) is 0.602. The maximum atomic E-state index is 11.8. The van der Waals surface area contributed by atoms with Crippen molar-refractivity contribution in [1.82, 2.24) is 9.78 Å². The highest BCUT2D eigenvalue weighted by atomic mass is 79.9. The maximum Gasteiger partial charge on any atom is 0.282 e. The van der Waals surface area contributed by atoms with Crippen molar-refractivity contribution in [3.63, 3.8) is 0 Å². The maximum absolute atomic E-state index is 11.8. The number of thiophene rings is 1. The highest BCUT2D eigenvalue weighted by Gasteiger charge is 2.06. The second kappa shape index (κ2) is 5.25. The van der Waals surface area contributed by atoms with Crippen molar-refractivity contribution in [2.45, 2.75) is 13.0 Å². The average Bonchev–Trinajstić information content (AvgIpc) is 2.78. The Morgan fingerprint density at radius 3 is 2.94 bits per heavy atom. The van der Waals surface area contributed by atoms with Gasteiger partial charge in [-0.3, -0.25) is 4.79 Å². The van der Waals surface area contributed by atoms with Crippen LogP contribution in [0.15, 0.2) is 37.4 Å². The Labute approximate surface area is 113 Å². The van der Waals surface area contributed by atoms with E-state index >= 15 is 0 Å². The Bertz CT molecular complexity index is 536. The molecular weight excluding hydrogens is 356 g/mol. The predicted molar refractivity (Wildman–Crippen MR) is 71.9 cm³/mol. The number of hydrogen-bond acceptors (Lipinski definition) is 3. The van der Waals surface area contributed by atoms with Crippen molar-refractivity contribution in [2.75, 3.05) is 0 Å². The largest absolute Gasteiger partial charge is 0.282 e. The lowest BCUT2D eigenvalue weighted by atomic mass is 10.3. The van der Waals surface area contributed by atoms with Gasteiger partial charge >= 0.3 is 0 Å². The first-order valence-electron chi connectivity index (χ1n) is 4.62. The molecule has 0 radical (unpaired) electrons. The third-order valence-electron chi connectivity index (χ3n) is 2.09. The number of halogens is 2. The second-order valence-electron chi connectivity index (χ2n) is 3.16. The zero-order valence-corrected chi connectivity index (χ0v) is 12.2. The van der Waals surface area contributed by atoms with Crippen molar-refractivity contribution in [3.05, 3.63) is 47.9 Å². The molecule has 0 spiro atoms. The van der Waals surface area contributed by atoms with Gasteiger partial charge in [0.25, 0.3) is 5.56 Å². The van der Waals surface area contributed by atoms with E-state index in [1.54, 1.807) is 17.5 Å². The molecule has 16 heavy (non-hydrogen) atoms. The molecule has 0 aliphatic heterocycles. The summed E-state index contributed by atoms with van der Waals surface area (Å²) in [5.41, 5.74) is -0.106. The zero-order valence-electron chi connectivity index (χ0n) is 8.19. The fourth-order valence-corrected chi connectivity index (χ4v) is 2.54. The molecule has 0 saturated carbocycles. The lowest BCUT2D eigenvalue weighted by molar-refractivity contribution is 0.576. The Morgan fingerprint density at radius 2 is 2.25 bits per heavy atom. The minimum atomic E-state index is -0.106. The third kappa shape index (κ3) is 2.61. The molecule has 2 heterocycles. The summed E-state index contributed by atoms with van der Waals surface area (Å²) in [5.74, 6) is 0. The quantitative estimate of drug-likeness (QED) is 0.839. The van der Waals surface area contributed by atoms with Crippen molar-refractivity contribution < 1.29 is 0 Å². The van der Waals surface area contributed by atoms with Gasteiger partial charge in [0.15, 0.2) is 0 Å². The summed E-state index contributed by atoms with van der Waals surface area (Å²) in [5, 5.41) is 6.10. The summed E-state index contributed by atoms with van der Waals surface area (Å²) in [6, 6.07) is 4.07. The van der Waals surface area contributed by atoms with Gasteiger partial charge in [0.05, 0.1) is 10.7 Å². The minimum Gasteiger partial charge on any atom is -0.266 e. The van der Waals surface area contributed by atoms with Crippen molar-refractivity contribution in [1.29, 1.82) is 0 Å². The Hall–Kier alpha value is -0.460. The molecule has 0 atom stereocenters. The summed E-state index contributed by atoms with van der Waals surface area (Å²) in [6.07, 6.45) is 2.46. The van der Waals surface area contributed by atoms with Crippen LogP contribution in [-0.4, -0.2) is 9.78 Å². The fourth-order valence-electron chi connectivity index (χ4n) is 1.28. The Kier molecular flexibility index (Phi) is 3.94. The first kappa shape index (κ1) is 12.0. The molecule has 0 bridgehead atoms. The summed E-state index contributed by atoms with van der Waals surface area (Å²) in [4.78, 5) is 13.0. The first-order valence-corrected chi connectivity index (χ1v) is 7.08. The van der Waals surface area contributed by atoms with E-state index in [-0.39, 0.29) is 5.56 Å². The molecule has 0 aliphatic rings.